The van der Waals surface area contributed by atoms with Crippen LogP contribution in [0.25, 0.3) is 5.57 Å². The summed E-state index contributed by atoms with van der Waals surface area (Å²) < 4.78 is 5.10. The highest BCUT2D eigenvalue weighted by molar-refractivity contribution is 6.16. The van der Waals surface area contributed by atoms with Crippen molar-refractivity contribution in [3.8, 4) is 17.2 Å². The van der Waals surface area contributed by atoms with Gasteiger partial charge in [0.25, 0.3) is 0 Å². The molecule has 4 nitrogen and oxygen atoms in total. The van der Waals surface area contributed by atoms with Crippen molar-refractivity contribution >= 4 is 11.5 Å². The fourth-order valence-corrected chi connectivity index (χ4v) is 1.46. The fourth-order valence-electron chi connectivity index (χ4n) is 1.46. The van der Waals surface area contributed by atoms with Crippen LogP contribution in [0.15, 0.2) is 55.1 Å². The highest BCUT2D eigenvalue weighted by Crippen LogP contribution is 2.21. The summed E-state index contributed by atoms with van der Waals surface area (Å²) in [6, 6.07) is 11.9. The van der Waals surface area contributed by atoms with Gasteiger partial charge >= 0.3 is 5.97 Å². The quantitative estimate of drug-likeness (QED) is 0.503. The van der Waals surface area contributed by atoms with Gasteiger partial charge in [-0.05, 0) is 42.0 Å². The van der Waals surface area contributed by atoms with Gasteiger partial charge in [0.1, 0.15) is 17.2 Å². The lowest BCUT2D eigenvalue weighted by atomic mass is 10.1. The molecule has 0 fully saturated rings. The van der Waals surface area contributed by atoms with Crippen LogP contribution in [0.4, 0.5) is 0 Å². The fraction of sp³-hybridized carbons (Fsp3) is 0. The Morgan fingerprint density at radius 2 is 1.37 bits per heavy atom. The normalized spacial score (nSPS) is 9.89. The molecule has 0 saturated heterocycles. The van der Waals surface area contributed by atoms with Gasteiger partial charge < -0.3 is 14.9 Å². The zero-order chi connectivity index (χ0) is 13.8. The number of benzene rings is 2. The van der Waals surface area contributed by atoms with Gasteiger partial charge in [-0.25, -0.2) is 4.79 Å². The predicted molar refractivity (Wildman–Crippen MR) is 70.9 cm³/mol. The summed E-state index contributed by atoms with van der Waals surface area (Å²) in [5.74, 6) is -0.0558. The van der Waals surface area contributed by atoms with E-state index in [2.05, 4.69) is 6.58 Å². The molecule has 2 aromatic rings. The van der Waals surface area contributed by atoms with E-state index in [1.54, 1.807) is 12.1 Å². The number of rotatable bonds is 3. The Labute approximate surface area is 110 Å². The molecular weight excluding hydrogens is 244 g/mol. The molecule has 2 N–H and O–H groups in total. The van der Waals surface area contributed by atoms with E-state index >= 15 is 0 Å². The Kier molecular flexibility index (Phi) is 3.52. The van der Waals surface area contributed by atoms with Gasteiger partial charge in [0.2, 0.25) is 0 Å². The van der Waals surface area contributed by atoms with Crippen molar-refractivity contribution in [2.75, 3.05) is 0 Å². The molecule has 0 aliphatic heterocycles. The molecule has 0 amide bonds. The van der Waals surface area contributed by atoms with E-state index in [4.69, 9.17) is 14.9 Å². The molecule has 0 bridgehead atoms. The minimum atomic E-state index is -0.587. The first kappa shape index (κ1) is 12.7. The molecule has 0 heterocycles. The Morgan fingerprint density at radius 1 is 0.895 bits per heavy atom. The molecule has 2 rings (SSSR count). The van der Waals surface area contributed by atoms with Crippen LogP contribution < -0.4 is 4.74 Å². The number of phenols is 2. The van der Waals surface area contributed by atoms with Crippen LogP contribution in [0.1, 0.15) is 5.56 Å². The maximum Gasteiger partial charge on any atom is 0.343 e. The third-order valence-electron chi connectivity index (χ3n) is 2.51. The second-order valence-electron chi connectivity index (χ2n) is 3.91. The average Bonchev–Trinajstić information content (AvgIpc) is 2.41. The Bertz CT molecular complexity index is 597. The summed E-state index contributed by atoms with van der Waals surface area (Å²) in [5.41, 5.74) is 0.759. The van der Waals surface area contributed by atoms with Crippen molar-refractivity contribution in [3.05, 3.63) is 60.7 Å². The van der Waals surface area contributed by atoms with E-state index in [9.17, 15) is 4.79 Å². The second kappa shape index (κ2) is 5.27. The first-order chi connectivity index (χ1) is 9.06. The highest BCUT2D eigenvalue weighted by atomic mass is 16.5. The largest absolute Gasteiger partial charge is 0.508 e. The number of phenolic OH excluding ortho intramolecular Hbond substituents is 2. The molecule has 19 heavy (non-hydrogen) atoms. The van der Waals surface area contributed by atoms with Crippen molar-refractivity contribution in [3.63, 3.8) is 0 Å². The van der Waals surface area contributed by atoms with Gasteiger partial charge in [-0.3, -0.25) is 0 Å². The summed E-state index contributed by atoms with van der Waals surface area (Å²) >= 11 is 0. The average molecular weight is 256 g/mol. The first-order valence-corrected chi connectivity index (χ1v) is 5.56. The molecule has 0 saturated carbocycles. The number of hydrogen-bond donors (Lipinski definition) is 2. The Morgan fingerprint density at radius 3 is 1.89 bits per heavy atom. The topological polar surface area (TPSA) is 66.8 Å². The minimum Gasteiger partial charge on any atom is -0.508 e. The molecule has 0 atom stereocenters. The summed E-state index contributed by atoms with van der Waals surface area (Å²) in [6.07, 6.45) is 0. The van der Waals surface area contributed by atoms with E-state index in [1.807, 2.05) is 0 Å². The molecule has 0 unspecified atom stereocenters. The molecule has 0 aliphatic rings. The van der Waals surface area contributed by atoms with Crippen LogP contribution >= 0.6 is 0 Å². The lowest BCUT2D eigenvalue weighted by Crippen LogP contribution is -2.09. The number of hydrogen-bond acceptors (Lipinski definition) is 4. The summed E-state index contributed by atoms with van der Waals surface area (Å²) in [7, 11) is 0. The van der Waals surface area contributed by atoms with Crippen LogP contribution in [0, 0.1) is 0 Å². The first-order valence-electron chi connectivity index (χ1n) is 5.56. The maximum atomic E-state index is 11.8. The number of ether oxygens (including phenoxy) is 1. The molecule has 0 aliphatic carbocycles. The number of aromatic hydroxyl groups is 2. The van der Waals surface area contributed by atoms with Crippen LogP contribution in [-0.2, 0) is 4.79 Å². The van der Waals surface area contributed by atoms with E-state index in [-0.39, 0.29) is 17.1 Å². The zero-order valence-electron chi connectivity index (χ0n) is 10.0. The highest BCUT2D eigenvalue weighted by Gasteiger charge is 2.12. The van der Waals surface area contributed by atoms with E-state index in [0.29, 0.717) is 11.3 Å². The molecule has 0 radical (unpaired) electrons. The third kappa shape index (κ3) is 3.13. The molecular formula is C15H12O4. The second-order valence-corrected chi connectivity index (χ2v) is 3.91. The van der Waals surface area contributed by atoms with Gasteiger partial charge in [0, 0.05) is 0 Å². The van der Waals surface area contributed by atoms with Crippen LogP contribution in [0.5, 0.6) is 17.2 Å². The number of carbonyl (C=O) groups excluding carboxylic acids is 1. The zero-order valence-corrected chi connectivity index (χ0v) is 10.0. The van der Waals surface area contributed by atoms with Crippen molar-refractivity contribution in [2.24, 2.45) is 0 Å². The van der Waals surface area contributed by atoms with Gasteiger partial charge in [-0.15, -0.1) is 0 Å². The Balaban J connectivity index is 2.09. The van der Waals surface area contributed by atoms with Crippen LogP contribution in [0.2, 0.25) is 0 Å². The summed E-state index contributed by atoms with van der Waals surface area (Å²) in [5, 5.41) is 18.3. The van der Waals surface area contributed by atoms with E-state index < -0.39 is 5.97 Å². The number of carbonyl (C=O) groups is 1. The third-order valence-corrected chi connectivity index (χ3v) is 2.51. The molecule has 0 spiro atoms. The predicted octanol–water partition coefficient (Wildman–Crippen LogP) is 2.72. The van der Waals surface area contributed by atoms with Crippen LogP contribution in [0.3, 0.4) is 0 Å². The van der Waals surface area contributed by atoms with E-state index in [0.717, 1.165) is 0 Å². The smallest absolute Gasteiger partial charge is 0.343 e. The summed E-state index contributed by atoms with van der Waals surface area (Å²) in [6.45, 7) is 3.66. The summed E-state index contributed by atoms with van der Waals surface area (Å²) in [4.78, 5) is 11.8. The lowest BCUT2D eigenvalue weighted by molar-refractivity contribution is -0.127. The van der Waals surface area contributed by atoms with E-state index in [1.165, 1.54) is 36.4 Å². The lowest BCUT2D eigenvalue weighted by Gasteiger charge is -2.07. The standard InChI is InChI=1S/C15H12O4/c1-10(11-2-4-12(16)5-3-11)15(18)19-14-8-6-13(17)7-9-14/h2-9,16-17H,1H2. The SMILES string of the molecule is C=C(C(=O)Oc1ccc(O)cc1)c1ccc(O)cc1. The minimum absolute atomic E-state index is 0.0946. The van der Waals surface area contributed by atoms with Crippen molar-refractivity contribution in [1.29, 1.82) is 0 Å². The van der Waals surface area contributed by atoms with Gasteiger partial charge in [-0.2, -0.15) is 0 Å². The monoisotopic (exact) mass is 256 g/mol. The van der Waals surface area contributed by atoms with Gasteiger partial charge in [0.15, 0.2) is 0 Å². The Hall–Kier alpha value is -2.75. The molecule has 4 heteroatoms. The molecule has 96 valence electrons. The van der Waals surface area contributed by atoms with Crippen LogP contribution in [-0.4, -0.2) is 16.2 Å². The van der Waals surface area contributed by atoms with Gasteiger partial charge in [0.05, 0.1) is 5.57 Å². The number of esters is 1. The van der Waals surface area contributed by atoms with Gasteiger partial charge in [-0.1, -0.05) is 18.7 Å². The molecule has 2 aromatic carbocycles. The van der Waals surface area contributed by atoms with Crippen molar-refractivity contribution < 1.29 is 19.7 Å². The maximum absolute atomic E-state index is 11.8. The molecule has 0 aromatic heterocycles. The van der Waals surface area contributed by atoms with Crippen molar-refractivity contribution in [1.82, 2.24) is 0 Å². The van der Waals surface area contributed by atoms with Crippen molar-refractivity contribution in [2.45, 2.75) is 0 Å².